The minimum atomic E-state index is -0.741. The van der Waals surface area contributed by atoms with Crippen LogP contribution in [0, 0.1) is 5.92 Å². The predicted octanol–water partition coefficient (Wildman–Crippen LogP) is 2.94. The number of anilines is 1. The van der Waals surface area contributed by atoms with E-state index in [-0.39, 0.29) is 11.8 Å². The summed E-state index contributed by atoms with van der Waals surface area (Å²) in [4.78, 5) is 47.5. The molecule has 0 unspecified atom stereocenters. The third kappa shape index (κ3) is 8.12. The molecule has 3 N–H and O–H groups in total. The summed E-state index contributed by atoms with van der Waals surface area (Å²) in [5.41, 5.74) is 1.76. The molecule has 0 aromatic carbocycles. The van der Waals surface area contributed by atoms with Gasteiger partial charge in [-0.1, -0.05) is 11.6 Å². The first kappa shape index (κ1) is 24.5. The van der Waals surface area contributed by atoms with Crippen molar-refractivity contribution in [1.82, 2.24) is 20.5 Å². The lowest BCUT2D eigenvalue weighted by Gasteiger charge is -2.37. The standard InChI is InChI=1S/C20H30ClN5O5/c1-20(2,3)30-18(28)24-15-10-12(17(27)26(4)5)6-8-14(15)23-19(29)31-25-16-9-7-13(21)11-22-16/h7,9,11-12,14-15H,6,8,10H2,1-5H3,(H,22,25)(H,23,29)(H,24,28)/t12-,14-,15+/m0/s1. The molecule has 172 valence electrons. The van der Waals surface area contributed by atoms with Crippen molar-refractivity contribution in [2.75, 3.05) is 19.6 Å². The van der Waals surface area contributed by atoms with Crippen molar-refractivity contribution in [3.63, 3.8) is 0 Å². The Morgan fingerprint density at radius 2 is 1.77 bits per heavy atom. The van der Waals surface area contributed by atoms with E-state index in [0.29, 0.717) is 30.1 Å². The molecule has 1 aliphatic carbocycles. The molecular formula is C20H30ClN5O5. The third-order valence-electron chi connectivity index (χ3n) is 4.62. The Morgan fingerprint density at radius 3 is 2.35 bits per heavy atom. The highest BCUT2D eigenvalue weighted by Crippen LogP contribution is 2.27. The van der Waals surface area contributed by atoms with Gasteiger partial charge in [0.05, 0.1) is 17.1 Å². The fourth-order valence-corrected chi connectivity index (χ4v) is 3.38. The molecule has 10 nitrogen and oxygen atoms in total. The van der Waals surface area contributed by atoms with Crippen LogP contribution in [-0.2, 0) is 14.4 Å². The van der Waals surface area contributed by atoms with E-state index < -0.39 is 29.9 Å². The van der Waals surface area contributed by atoms with E-state index in [2.05, 4.69) is 21.1 Å². The van der Waals surface area contributed by atoms with Crippen molar-refractivity contribution in [3.8, 4) is 0 Å². The number of alkyl carbamates (subject to hydrolysis) is 1. The maximum Gasteiger partial charge on any atom is 0.431 e. The van der Waals surface area contributed by atoms with Crippen molar-refractivity contribution < 1.29 is 24.0 Å². The summed E-state index contributed by atoms with van der Waals surface area (Å²) in [5.74, 6) is 0.0242. The van der Waals surface area contributed by atoms with Crippen molar-refractivity contribution >= 4 is 35.5 Å². The number of pyridine rings is 1. The molecule has 0 spiro atoms. The largest absolute Gasteiger partial charge is 0.444 e. The van der Waals surface area contributed by atoms with Gasteiger partial charge >= 0.3 is 12.2 Å². The number of halogens is 1. The number of carbonyl (C=O) groups excluding carboxylic acids is 3. The van der Waals surface area contributed by atoms with E-state index in [1.807, 2.05) is 0 Å². The number of hydrogen-bond donors (Lipinski definition) is 3. The zero-order valence-corrected chi connectivity index (χ0v) is 19.2. The molecule has 31 heavy (non-hydrogen) atoms. The molecule has 3 atom stereocenters. The lowest BCUT2D eigenvalue weighted by Crippen LogP contribution is -2.56. The lowest BCUT2D eigenvalue weighted by atomic mass is 9.81. The van der Waals surface area contributed by atoms with E-state index in [4.69, 9.17) is 21.2 Å². The highest BCUT2D eigenvalue weighted by Gasteiger charge is 2.37. The Kier molecular flexibility index (Phi) is 8.32. The van der Waals surface area contributed by atoms with Crippen molar-refractivity contribution in [2.45, 2.75) is 57.7 Å². The Balaban J connectivity index is 2.00. The molecule has 3 amide bonds. The first-order valence-electron chi connectivity index (χ1n) is 10.00. The summed E-state index contributed by atoms with van der Waals surface area (Å²) >= 11 is 5.77. The Morgan fingerprint density at radius 1 is 1.10 bits per heavy atom. The van der Waals surface area contributed by atoms with Gasteiger partial charge in [0.1, 0.15) is 5.60 Å². The van der Waals surface area contributed by atoms with Crippen LogP contribution in [-0.4, -0.2) is 59.8 Å². The minimum Gasteiger partial charge on any atom is -0.444 e. The Labute approximate surface area is 186 Å². The third-order valence-corrected chi connectivity index (χ3v) is 4.84. The summed E-state index contributed by atoms with van der Waals surface area (Å²) in [6.45, 7) is 5.28. The molecule has 1 aromatic heterocycles. The average Bonchev–Trinajstić information content (AvgIpc) is 2.66. The molecule has 1 aliphatic rings. The van der Waals surface area contributed by atoms with Gasteiger partial charge in [0, 0.05) is 26.2 Å². The summed E-state index contributed by atoms with van der Waals surface area (Å²) in [5, 5.41) is 5.97. The molecule has 1 heterocycles. The molecule has 0 radical (unpaired) electrons. The maximum absolute atomic E-state index is 12.4. The van der Waals surface area contributed by atoms with Crippen LogP contribution in [0.15, 0.2) is 18.3 Å². The number of carbonyl (C=O) groups is 3. The second-order valence-electron chi connectivity index (χ2n) is 8.60. The van der Waals surface area contributed by atoms with Gasteiger partial charge in [-0.15, -0.1) is 0 Å². The number of aromatic nitrogens is 1. The molecule has 11 heteroatoms. The van der Waals surface area contributed by atoms with E-state index >= 15 is 0 Å². The lowest BCUT2D eigenvalue weighted by molar-refractivity contribution is -0.134. The van der Waals surface area contributed by atoms with E-state index in [1.165, 1.54) is 11.1 Å². The number of ether oxygens (including phenoxy) is 1. The Hall–Kier alpha value is -2.75. The topological polar surface area (TPSA) is 122 Å². The predicted molar refractivity (Wildman–Crippen MR) is 115 cm³/mol. The van der Waals surface area contributed by atoms with Crippen LogP contribution < -0.4 is 16.1 Å². The quantitative estimate of drug-likeness (QED) is 0.583. The van der Waals surface area contributed by atoms with Crippen LogP contribution in [0.2, 0.25) is 5.02 Å². The smallest absolute Gasteiger partial charge is 0.431 e. The molecule has 1 fully saturated rings. The van der Waals surface area contributed by atoms with Gasteiger partial charge in [0.2, 0.25) is 5.91 Å². The fourth-order valence-electron chi connectivity index (χ4n) is 3.27. The van der Waals surface area contributed by atoms with Crippen molar-refractivity contribution in [1.29, 1.82) is 0 Å². The number of nitrogens with one attached hydrogen (secondary N) is 3. The van der Waals surface area contributed by atoms with Crippen molar-refractivity contribution in [2.24, 2.45) is 5.92 Å². The van der Waals surface area contributed by atoms with Crippen LogP contribution in [0.25, 0.3) is 0 Å². The van der Waals surface area contributed by atoms with E-state index in [0.717, 1.165) is 0 Å². The molecule has 0 aliphatic heterocycles. The molecule has 0 bridgehead atoms. The normalized spacial score (nSPS) is 20.9. The molecule has 1 aromatic rings. The second-order valence-corrected chi connectivity index (χ2v) is 9.04. The Bertz CT molecular complexity index is 781. The minimum absolute atomic E-state index is 0.0208. The second kappa shape index (κ2) is 10.5. The van der Waals surface area contributed by atoms with Gasteiger partial charge in [-0.2, -0.15) is 5.48 Å². The van der Waals surface area contributed by atoms with Gasteiger partial charge in [-0.3, -0.25) is 4.79 Å². The highest BCUT2D eigenvalue weighted by atomic mass is 35.5. The summed E-state index contributed by atoms with van der Waals surface area (Å²) in [6.07, 6.45) is 1.48. The monoisotopic (exact) mass is 455 g/mol. The van der Waals surface area contributed by atoms with Gasteiger partial charge in [0.15, 0.2) is 5.82 Å². The number of rotatable bonds is 5. The van der Waals surface area contributed by atoms with Crippen LogP contribution in [0.4, 0.5) is 15.4 Å². The SMILES string of the molecule is CN(C)C(=O)[C@H]1CC[C@H](NC(=O)ONc2ccc(Cl)cn2)[C@H](NC(=O)OC(C)(C)C)C1. The van der Waals surface area contributed by atoms with Crippen LogP contribution in [0.5, 0.6) is 0 Å². The van der Waals surface area contributed by atoms with Gasteiger partial charge in [-0.25, -0.2) is 14.6 Å². The first-order chi connectivity index (χ1) is 14.4. The average molecular weight is 456 g/mol. The number of nitrogens with zero attached hydrogens (tertiary/aromatic N) is 2. The number of amides is 3. The van der Waals surface area contributed by atoms with E-state index in [1.54, 1.807) is 47.0 Å². The molecule has 1 saturated carbocycles. The first-order valence-corrected chi connectivity index (χ1v) is 10.4. The molecule has 0 saturated heterocycles. The summed E-state index contributed by atoms with van der Waals surface area (Å²) in [6, 6.07) is 2.22. The maximum atomic E-state index is 12.4. The summed E-state index contributed by atoms with van der Waals surface area (Å²) in [7, 11) is 3.38. The van der Waals surface area contributed by atoms with Crippen LogP contribution >= 0.6 is 11.6 Å². The van der Waals surface area contributed by atoms with E-state index in [9.17, 15) is 14.4 Å². The zero-order valence-electron chi connectivity index (χ0n) is 18.4. The summed E-state index contributed by atoms with van der Waals surface area (Å²) < 4.78 is 5.33. The number of hydrogen-bond acceptors (Lipinski definition) is 7. The fraction of sp³-hybridized carbons (Fsp3) is 0.600. The molecular weight excluding hydrogens is 426 g/mol. The van der Waals surface area contributed by atoms with Gasteiger partial charge in [0.25, 0.3) is 0 Å². The zero-order chi connectivity index (χ0) is 23.2. The van der Waals surface area contributed by atoms with Gasteiger partial charge < -0.3 is 25.1 Å². The highest BCUT2D eigenvalue weighted by molar-refractivity contribution is 6.30. The molecule has 2 rings (SSSR count). The van der Waals surface area contributed by atoms with Crippen LogP contribution in [0.3, 0.4) is 0 Å². The van der Waals surface area contributed by atoms with Crippen molar-refractivity contribution in [3.05, 3.63) is 23.4 Å². The van der Waals surface area contributed by atoms with Crippen LogP contribution in [0.1, 0.15) is 40.0 Å². The van der Waals surface area contributed by atoms with Gasteiger partial charge in [-0.05, 0) is 52.2 Å².